The van der Waals surface area contributed by atoms with E-state index in [4.69, 9.17) is 25.5 Å². The Hall–Kier alpha value is -1.77. The van der Waals surface area contributed by atoms with Gasteiger partial charge in [0.15, 0.2) is 11.5 Å². The number of rotatable bonds is 5. The highest BCUT2D eigenvalue weighted by molar-refractivity contribution is 7.98. The van der Waals surface area contributed by atoms with Gasteiger partial charge < -0.3 is 13.9 Å². The average molecular weight is 396 g/mol. The maximum absolute atomic E-state index is 6.25. The summed E-state index contributed by atoms with van der Waals surface area (Å²) in [5.41, 5.74) is 1.95. The van der Waals surface area contributed by atoms with Crippen LogP contribution in [0.4, 0.5) is 0 Å². The van der Waals surface area contributed by atoms with Crippen molar-refractivity contribution in [2.75, 3.05) is 13.2 Å². The Morgan fingerprint density at radius 2 is 2.12 bits per heavy atom. The van der Waals surface area contributed by atoms with Crippen LogP contribution in [-0.4, -0.2) is 28.4 Å². The third-order valence-electron chi connectivity index (χ3n) is 3.47. The van der Waals surface area contributed by atoms with Gasteiger partial charge in [-0.2, -0.15) is 0 Å². The van der Waals surface area contributed by atoms with Crippen molar-refractivity contribution in [1.29, 1.82) is 0 Å². The van der Waals surface area contributed by atoms with E-state index < -0.39 is 0 Å². The first-order valence-corrected chi connectivity index (χ1v) is 9.86. The maximum atomic E-state index is 6.25. The molecule has 0 radical (unpaired) electrons. The zero-order chi connectivity index (χ0) is 17.2. The Morgan fingerprint density at radius 1 is 1.24 bits per heavy atom. The monoisotopic (exact) mass is 395 g/mol. The summed E-state index contributed by atoms with van der Waals surface area (Å²) in [6, 6.07) is 3.81. The molecule has 25 heavy (non-hydrogen) atoms. The van der Waals surface area contributed by atoms with Gasteiger partial charge in [0.05, 0.1) is 22.1 Å². The number of thiazole rings is 1. The molecule has 3 heterocycles. The van der Waals surface area contributed by atoms with Crippen LogP contribution < -0.4 is 9.47 Å². The van der Waals surface area contributed by atoms with Crippen LogP contribution in [-0.2, 0) is 12.2 Å². The summed E-state index contributed by atoms with van der Waals surface area (Å²) >= 11 is 9.32. The molecule has 2 aromatic heterocycles. The molecular formula is C16H14ClN3O3S2. The molecule has 0 saturated heterocycles. The lowest BCUT2D eigenvalue weighted by atomic mass is 10.2. The number of thioether (sulfide) groups is 1. The number of hydrogen-bond acceptors (Lipinski definition) is 8. The first-order chi connectivity index (χ1) is 12.2. The third kappa shape index (κ3) is 3.91. The number of nitrogens with zero attached hydrogens (tertiary/aromatic N) is 3. The Kier molecular flexibility index (Phi) is 4.82. The lowest BCUT2D eigenvalue weighted by Gasteiger charge is -2.20. The number of fused-ring (bicyclic) bond motifs is 1. The van der Waals surface area contributed by atoms with E-state index in [2.05, 4.69) is 15.2 Å². The van der Waals surface area contributed by atoms with Crippen molar-refractivity contribution in [3.63, 3.8) is 0 Å². The molecule has 1 aliphatic rings. The lowest BCUT2D eigenvalue weighted by molar-refractivity contribution is 0.171. The standard InChI is InChI=1S/C16H14ClN3O3S2/c1-9-18-11(8-24-9)6-14-19-20-16(23-14)25-7-10-4-12(17)15-13(5-10)21-2-3-22-15/h4-5,8H,2-3,6-7H2,1H3. The topological polar surface area (TPSA) is 70.3 Å². The number of ether oxygens (including phenoxy) is 2. The molecule has 3 aromatic rings. The van der Waals surface area contributed by atoms with Crippen LogP contribution >= 0.6 is 34.7 Å². The van der Waals surface area contributed by atoms with Gasteiger partial charge >= 0.3 is 0 Å². The fourth-order valence-corrected chi connectivity index (χ4v) is 4.02. The molecule has 0 spiro atoms. The van der Waals surface area contributed by atoms with Gasteiger partial charge in [0.1, 0.15) is 13.2 Å². The predicted molar refractivity (Wildman–Crippen MR) is 96.0 cm³/mol. The second-order valence-corrected chi connectivity index (χ2v) is 7.78. The SMILES string of the molecule is Cc1nc(Cc2nnc(SCc3cc(Cl)c4c(c3)OCCO4)o2)cs1. The minimum Gasteiger partial charge on any atom is -0.486 e. The summed E-state index contributed by atoms with van der Waals surface area (Å²) < 4.78 is 16.8. The van der Waals surface area contributed by atoms with E-state index in [1.54, 1.807) is 11.3 Å². The van der Waals surface area contributed by atoms with Crippen LogP contribution in [0.15, 0.2) is 27.2 Å². The number of aromatic nitrogens is 3. The fraction of sp³-hybridized carbons (Fsp3) is 0.312. The summed E-state index contributed by atoms with van der Waals surface area (Å²) in [7, 11) is 0. The maximum Gasteiger partial charge on any atom is 0.276 e. The highest BCUT2D eigenvalue weighted by atomic mass is 35.5. The van der Waals surface area contributed by atoms with E-state index in [0.717, 1.165) is 16.3 Å². The van der Waals surface area contributed by atoms with Gasteiger partial charge in [0.25, 0.3) is 5.22 Å². The van der Waals surface area contributed by atoms with E-state index in [1.807, 2.05) is 24.4 Å². The molecule has 0 N–H and O–H groups in total. The summed E-state index contributed by atoms with van der Waals surface area (Å²) in [6.07, 6.45) is 0.549. The van der Waals surface area contributed by atoms with E-state index in [0.29, 0.717) is 53.0 Å². The van der Waals surface area contributed by atoms with Crippen LogP contribution in [0.5, 0.6) is 11.5 Å². The molecule has 0 aliphatic carbocycles. The van der Waals surface area contributed by atoms with E-state index in [1.165, 1.54) is 11.8 Å². The van der Waals surface area contributed by atoms with Gasteiger partial charge in [0, 0.05) is 11.1 Å². The number of halogens is 1. The fourth-order valence-electron chi connectivity index (χ4n) is 2.40. The van der Waals surface area contributed by atoms with Crippen molar-refractivity contribution in [2.24, 2.45) is 0 Å². The van der Waals surface area contributed by atoms with E-state index in [-0.39, 0.29) is 0 Å². The Morgan fingerprint density at radius 3 is 2.96 bits per heavy atom. The van der Waals surface area contributed by atoms with E-state index >= 15 is 0 Å². The lowest BCUT2D eigenvalue weighted by Crippen LogP contribution is -2.15. The van der Waals surface area contributed by atoms with Gasteiger partial charge in [-0.25, -0.2) is 4.98 Å². The van der Waals surface area contributed by atoms with Crippen molar-refractivity contribution in [3.8, 4) is 11.5 Å². The normalized spacial score (nSPS) is 13.2. The largest absolute Gasteiger partial charge is 0.486 e. The van der Waals surface area contributed by atoms with Crippen molar-refractivity contribution in [1.82, 2.24) is 15.2 Å². The van der Waals surface area contributed by atoms with Crippen molar-refractivity contribution >= 4 is 34.7 Å². The Balaban J connectivity index is 1.41. The molecule has 130 valence electrons. The summed E-state index contributed by atoms with van der Waals surface area (Å²) in [5.74, 6) is 2.50. The van der Waals surface area contributed by atoms with E-state index in [9.17, 15) is 0 Å². The molecule has 0 atom stereocenters. The van der Waals surface area contributed by atoms with Crippen molar-refractivity contribution < 1.29 is 13.9 Å². The molecular weight excluding hydrogens is 382 g/mol. The van der Waals surface area contributed by atoms with Gasteiger partial charge in [-0.15, -0.1) is 21.5 Å². The second-order valence-electron chi connectivity index (χ2n) is 5.39. The average Bonchev–Trinajstić information content (AvgIpc) is 3.22. The molecule has 0 unspecified atom stereocenters. The molecule has 0 saturated carbocycles. The minimum absolute atomic E-state index is 0.518. The number of hydrogen-bond donors (Lipinski definition) is 0. The van der Waals surface area contributed by atoms with Crippen molar-refractivity contribution in [3.05, 3.63) is 44.7 Å². The van der Waals surface area contributed by atoms with Gasteiger partial charge in [-0.1, -0.05) is 23.4 Å². The third-order valence-corrected chi connectivity index (χ3v) is 5.46. The highest BCUT2D eigenvalue weighted by Crippen LogP contribution is 2.39. The highest BCUT2D eigenvalue weighted by Gasteiger charge is 2.17. The van der Waals surface area contributed by atoms with Crippen LogP contribution in [0, 0.1) is 6.92 Å². The number of benzene rings is 1. The van der Waals surface area contributed by atoms with Gasteiger partial charge in [-0.3, -0.25) is 0 Å². The Labute approximate surface area is 157 Å². The molecule has 6 nitrogen and oxygen atoms in total. The summed E-state index contributed by atoms with van der Waals surface area (Å²) in [6.45, 7) is 3.02. The molecule has 1 aromatic carbocycles. The van der Waals surface area contributed by atoms with Crippen LogP contribution in [0.3, 0.4) is 0 Å². The molecule has 1 aliphatic heterocycles. The first-order valence-electron chi connectivity index (χ1n) is 7.61. The first kappa shape index (κ1) is 16.7. The van der Waals surface area contributed by atoms with Crippen molar-refractivity contribution in [2.45, 2.75) is 24.3 Å². The quantitative estimate of drug-likeness (QED) is 0.601. The summed E-state index contributed by atoms with van der Waals surface area (Å²) in [4.78, 5) is 4.40. The zero-order valence-electron chi connectivity index (χ0n) is 13.3. The minimum atomic E-state index is 0.518. The molecule has 4 rings (SSSR count). The molecule has 9 heteroatoms. The zero-order valence-corrected chi connectivity index (χ0v) is 15.7. The van der Waals surface area contributed by atoms with Crippen LogP contribution in [0.2, 0.25) is 5.02 Å². The number of aryl methyl sites for hydroxylation is 1. The molecule has 0 bridgehead atoms. The van der Waals surface area contributed by atoms with Crippen LogP contribution in [0.1, 0.15) is 22.2 Å². The summed E-state index contributed by atoms with van der Waals surface area (Å²) in [5, 5.41) is 12.3. The Bertz CT molecular complexity index is 897. The molecule has 0 amide bonds. The smallest absolute Gasteiger partial charge is 0.276 e. The van der Waals surface area contributed by atoms with Gasteiger partial charge in [-0.05, 0) is 24.6 Å². The molecule has 0 fully saturated rings. The second kappa shape index (κ2) is 7.23. The van der Waals surface area contributed by atoms with Crippen LogP contribution in [0.25, 0.3) is 0 Å². The predicted octanol–water partition coefficient (Wildman–Crippen LogP) is 4.14. The van der Waals surface area contributed by atoms with Gasteiger partial charge in [0.2, 0.25) is 5.89 Å².